The van der Waals surface area contributed by atoms with Crippen molar-refractivity contribution in [2.75, 3.05) is 20.2 Å². The van der Waals surface area contributed by atoms with E-state index in [1.807, 2.05) is 11.9 Å². The molecule has 8 heteroatoms. The van der Waals surface area contributed by atoms with Crippen LogP contribution in [0, 0.1) is 0 Å². The number of benzene rings is 1. The number of halogens is 3. The minimum atomic E-state index is -4.36. The van der Waals surface area contributed by atoms with Gasteiger partial charge in [-0.05, 0) is 31.3 Å². The Hall–Kier alpha value is -1.64. The van der Waals surface area contributed by atoms with Crippen LogP contribution in [0.3, 0.4) is 0 Å². The average Bonchev–Trinajstić information content (AvgIpc) is 2.97. The van der Waals surface area contributed by atoms with Crippen LogP contribution >= 0.6 is 11.3 Å². The first-order valence-corrected chi connectivity index (χ1v) is 7.76. The molecule has 1 unspecified atom stereocenters. The van der Waals surface area contributed by atoms with Crippen molar-refractivity contribution < 1.29 is 23.0 Å². The predicted molar refractivity (Wildman–Crippen MR) is 81.4 cm³/mol. The van der Waals surface area contributed by atoms with E-state index in [1.165, 1.54) is 23.5 Å². The Kier molecular flexibility index (Phi) is 5.97. The lowest BCUT2D eigenvalue weighted by molar-refractivity contribution is -0.137. The minimum Gasteiger partial charge on any atom is -0.491 e. The van der Waals surface area contributed by atoms with Crippen molar-refractivity contribution in [3.8, 4) is 5.75 Å². The number of alkyl halides is 3. The van der Waals surface area contributed by atoms with Crippen molar-refractivity contribution in [2.24, 2.45) is 0 Å². The SMILES string of the molecule is CN(Cc1cncs1)CC(O)COc1ccc(C(F)(F)F)cc1. The Morgan fingerprint density at radius 3 is 2.57 bits per heavy atom. The maximum atomic E-state index is 12.4. The van der Waals surface area contributed by atoms with Gasteiger partial charge in [0.25, 0.3) is 0 Å². The van der Waals surface area contributed by atoms with Gasteiger partial charge >= 0.3 is 6.18 Å². The van der Waals surface area contributed by atoms with E-state index in [-0.39, 0.29) is 6.61 Å². The van der Waals surface area contributed by atoms with Gasteiger partial charge in [-0.3, -0.25) is 9.88 Å². The summed E-state index contributed by atoms with van der Waals surface area (Å²) in [5.74, 6) is 0.294. The molecule has 1 heterocycles. The predicted octanol–water partition coefficient (Wildman–Crippen LogP) is 3.03. The largest absolute Gasteiger partial charge is 0.491 e. The number of thiazole rings is 1. The van der Waals surface area contributed by atoms with Gasteiger partial charge in [0.2, 0.25) is 0 Å². The molecule has 1 atom stereocenters. The van der Waals surface area contributed by atoms with Crippen molar-refractivity contribution in [1.82, 2.24) is 9.88 Å². The van der Waals surface area contributed by atoms with Gasteiger partial charge in [0.1, 0.15) is 18.5 Å². The Morgan fingerprint density at radius 2 is 2.00 bits per heavy atom. The molecule has 0 saturated carbocycles. The molecule has 126 valence electrons. The fourth-order valence-electron chi connectivity index (χ4n) is 2.00. The van der Waals surface area contributed by atoms with E-state index in [4.69, 9.17) is 4.74 Å². The number of aliphatic hydroxyl groups excluding tert-OH is 1. The maximum Gasteiger partial charge on any atom is 0.416 e. The van der Waals surface area contributed by atoms with Crippen LogP contribution in [0.1, 0.15) is 10.4 Å². The Labute approximate surface area is 136 Å². The summed E-state index contributed by atoms with van der Waals surface area (Å²) < 4.78 is 42.6. The first kappa shape index (κ1) is 17.7. The van der Waals surface area contributed by atoms with Crippen LogP contribution in [0.2, 0.25) is 0 Å². The van der Waals surface area contributed by atoms with Crippen LogP contribution < -0.4 is 4.74 Å². The van der Waals surface area contributed by atoms with Crippen LogP contribution in [-0.2, 0) is 12.7 Å². The van der Waals surface area contributed by atoms with Crippen molar-refractivity contribution in [2.45, 2.75) is 18.8 Å². The molecule has 2 rings (SSSR count). The third-order valence-electron chi connectivity index (χ3n) is 3.06. The van der Waals surface area contributed by atoms with Crippen LogP contribution in [0.4, 0.5) is 13.2 Å². The number of rotatable bonds is 7. The fraction of sp³-hybridized carbons (Fsp3) is 0.400. The lowest BCUT2D eigenvalue weighted by Gasteiger charge is -2.20. The molecule has 0 aliphatic heterocycles. The highest BCUT2D eigenvalue weighted by Crippen LogP contribution is 2.30. The van der Waals surface area contributed by atoms with Crippen molar-refractivity contribution >= 4 is 11.3 Å². The average molecular weight is 346 g/mol. The Bertz CT molecular complexity index is 588. The molecule has 0 amide bonds. The smallest absolute Gasteiger partial charge is 0.416 e. The van der Waals surface area contributed by atoms with E-state index < -0.39 is 17.8 Å². The summed E-state index contributed by atoms with van der Waals surface area (Å²) in [6, 6.07) is 4.41. The standard InChI is InChI=1S/C15H17F3N2O2S/c1-20(8-14-6-19-10-23-14)7-12(21)9-22-13-4-2-11(3-5-13)15(16,17)18/h2-6,10,12,21H,7-9H2,1H3. The molecule has 1 aromatic heterocycles. The molecule has 4 nitrogen and oxygen atoms in total. The van der Waals surface area contributed by atoms with E-state index in [0.717, 1.165) is 17.0 Å². The number of likely N-dealkylation sites (N-methyl/N-ethyl adjacent to an activating group) is 1. The van der Waals surface area contributed by atoms with Crippen LogP contribution in [0.25, 0.3) is 0 Å². The molecule has 0 fully saturated rings. The summed E-state index contributed by atoms with van der Waals surface area (Å²) >= 11 is 1.53. The van der Waals surface area contributed by atoms with Gasteiger partial charge < -0.3 is 9.84 Å². The minimum absolute atomic E-state index is 0.0123. The summed E-state index contributed by atoms with van der Waals surface area (Å²) in [6.07, 6.45) is -3.33. The number of aromatic nitrogens is 1. The third-order valence-corrected chi connectivity index (χ3v) is 3.82. The molecule has 0 radical (unpaired) electrons. The van der Waals surface area contributed by atoms with Gasteiger partial charge in [-0.1, -0.05) is 0 Å². The Morgan fingerprint density at radius 1 is 1.30 bits per heavy atom. The number of ether oxygens (including phenoxy) is 1. The van der Waals surface area contributed by atoms with Crippen molar-refractivity contribution in [3.63, 3.8) is 0 Å². The number of nitrogens with zero attached hydrogens (tertiary/aromatic N) is 2. The topological polar surface area (TPSA) is 45.6 Å². The van der Waals surface area contributed by atoms with Gasteiger partial charge in [0.15, 0.2) is 0 Å². The first-order valence-electron chi connectivity index (χ1n) is 6.88. The van der Waals surface area contributed by atoms with Gasteiger partial charge in [-0.25, -0.2) is 0 Å². The zero-order valence-electron chi connectivity index (χ0n) is 12.5. The Balaban J connectivity index is 1.76. The molecule has 2 aromatic rings. The maximum absolute atomic E-state index is 12.4. The molecule has 1 N–H and O–H groups in total. The second-order valence-electron chi connectivity index (χ2n) is 5.15. The van der Waals surface area contributed by atoms with Gasteiger partial charge in [0.05, 0.1) is 11.1 Å². The summed E-state index contributed by atoms with van der Waals surface area (Å²) in [7, 11) is 1.86. The molecule has 0 spiro atoms. The first-order chi connectivity index (χ1) is 10.8. The van der Waals surface area contributed by atoms with Crippen LogP contribution in [0.5, 0.6) is 5.75 Å². The third kappa shape index (κ3) is 5.81. The lowest BCUT2D eigenvalue weighted by Crippen LogP contribution is -2.32. The number of hydrogen-bond donors (Lipinski definition) is 1. The monoisotopic (exact) mass is 346 g/mol. The molecule has 0 bridgehead atoms. The molecular formula is C15H17F3N2O2S. The molecular weight excluding hydrogens is 329 g/mol. The summed E-state index contributed by atoms with van der Waals surface area (Å²) in [6.45, 7) is 1.07. The normalized spacial score (nSPS) is 13.3. The zero-order chi connectivity index (χ0) is 16.9. The van der Waals surface area contributed by atoms with Crippen LogP contribution in [0.15, 0.2) is 36.0 Å². The highest BCUT2D eigenvalue weighted by Gasteiger charge is 2.30. The quantitative estimate of drug-likeness (QED) is 0.837. The number of aliphatic hydroxyl groups is 1. The van der Waals surface area contributed by atoms with Crippen molar-refractivity contribution in [1.29, 1.82) is 0 Å². The second kappa shape index (κ2) is 7.76. The molecule has 23 heavy (non-hydrogen) atoms. The van der Waals surface area contributed by atoms with E-state index >= 15 is 0 Å². The fourth-order valence-corrected chi connectivity index (χ4v) is 2.67. The van der Waals surface area contributed by atoms with Gasteiger partial charge in [-0.2, -0.15) is 13.2 Å². The molecule has 0 aliphatic carbocycles. The second-order valence-corrected chi connectivity index (χ2v) is 6.12. The molecule has 0 saturated heterocycles. The lowest BCUT2D eigenvalue weighted by atomic mass is 10.2. The van der Waals surface area contributed by atoms with Gasteiger partial charge in [-0.15, -0.1) is 11.3 Å². The highest BCUT2D eigenvalue weighted by molar-refractivity contribution is 7.09. The summed E-state index contributed by atoms with van der Waals surface area (Å²) in [5, 5.41) is 9.93. The highest BCUT2D eigenvalue weighted by atomic mass is 32.1. The number of hydrogen-bond acceptors (Lipinski definition) is 5. The van der Waals surface area contributed by atoms with E-state index in [1.54, 1.807) is 11.7 Å². The van der Waals surface area contributed by atoms with E-state index in [2.05, 4.69) is 4.98 Å². The summed E-state index contributed by atoms with van der Waals surface area (Å²) in [5.41, 5.74) is 1.02. The van der Waals surface area contributed by atoms with Crippen molar-refractivity contribution in [3.05, 3.63) is 46.4 Å². The van der Waals surface area contributed by atoms with Gasteiger partial charge in [0, 0.05) is 24.2 Å². The molecule has 0 aliphatic rings. The van der Waals surface area contributed by atoms with E-state index in [0.29, 0.717) is 18.8 Å². The van der Waals surface area contributed by atoms with E-state index in [9.17, 15) is 18.3 Å². The summed E-state index contributed by atoms with van der Waals surface area (Å²) in [4.78, 5) is 6.99. The molecule has 1 aromatic carbocycles. The van der Waals surface area contributed by atoms with Crippen LogP contribution in [-0.4, -0.2) is 41.3 Å². The zero-order valence-corrected chi connectivity index (χ0v) is 13.3.